The maximum atomic E-state index is 13.1. The maximum Gasteiger partial charge on any atom is 0.308 e. The number of unbranched alkanes of at least 4 members (excludes halogenated alkanes) is 9. The Labute approximate surface area is 218 Å². The van der Waals surface area contributed by atoms with Gasteiger partial charge in [0, 0.05) is 18.7 Å². The van der Waals surface area contributed by atoms with Gasteiger partial charge in [-0.25, -0.2) is 0 Å². The van der Waals surface area contributed by atoms with Crippen molar-refractivity contribution >= 4 is 33.7 Å². The molecule has 1 fully saturated rings. The van der Waals surface area contributed by atoms with Crippen LogP contribution in [-0.4, -0.2) is 55.0 Å². The number of ether oxygens (including phenoxy) is 2. The number of hydrogen-bond donors (Lipinski definition) is 1. The topological polar surface area (TPSA) is 84.9 Å². The largest absolute Gasteiger partial charge is 0.493 e. The number of benzene rings is 1. The standard InChI is InChI=1S/C27H41BrN2O5/c1-3-5-6-7-8-9-10-11-12-13-18-35-25(31)20-23-26(32)29-16-17-30(23)27(33)21-14-15-24(34-4-2)22(28)19-21/h14-15,19,23H,3-13,16-18,20H2,1-2H3,(H,29,32). The molecule has 1 heterocycles. The molecular weight excluding hydrogens is 512 g/mol. The summed E-state index contributed by atoms with van der Waals surface area (Å²) in [6.45, 7) is 5.68. The number of carbonyl (C=O) groups excluding carboxylic acids is 3. The Kier molecular flexibility index (Phi) is 13.8. The molecule has 1 aliphatic heterocycles. The van der Waals surface area contributed by atoms with E-state index in [1.807, 2.05) is 6.92 Å². The van der Waals surface area contributed by atoms with Crippen LogP contribution in [0.3, 0.4) is 0 Å². The van der Waals surface area contributed by atoms with Crippen molar-refractivity contribution in [2.24, 2.45) is 0 Å². The molecule has 0 spiro atoms. The molecule has 0 radical (unpaired) electrons. The van der Waals surface area contributed by atoms with Crippen LogP contribution in [-0.2, 0) is 14.3 Å². The second-order valence-corrected chi connectivity index (χ2v) is 9.84. The van der Waals surface area contributed by atoms with Gasteiger partial charge >= 0.3 is 5.97 Å². The van der Waals surface area contributed by atoms with Crippen molar-refractivity contribution in [3.05, 3.63) is 28.2 Å². The smallest absolute Gasteiger partial charge is 0.308 e. The third-order valence-electron chi connectivity index (χ3n) is 6.19. The van der Waals surface area contributed by atoms with Gasteiger partial charge in [0.15, 0.2) is 0 Å². The van der Waals surface area contributed by atoms with Gasteiger partial charge in [0.25, 0.3) is 5.91 Å². The zero-order valence-corrected chi connectivity index (χ0v) is 22.9. The van der Waals surface area contributed by atoms with Crippen LogP contribution in [0.25, 0.3) is 0 Å². The number of halogens is 1. The van der Waals surface area contributed by atoms with Gasteiger partial charge in [0.1, 0.15) is 11.8 Å². The average Bonchev–Trinajstić information content (AvgIpc) is 2.84. The summed E-state index contributed by atoms with van der Waals surface area (Å²) in [4.78, 5) is 39.5. The molecule has 1 saturated heterocycles. The second-order valence-electron chi connectivity index (χ2n) is 8.99. The Morgan fingerprint density at radius 3 is 2.31 bits per heavy atom. The molecule has 0 saturated carbocycles. The van der Waals surface area contributed by atoms with Crippen LogP contribution in [0, 0.1) is 0 Å². The van der Waals surface area contributed by atoms with Gasteiger partial charge < -0.3 is 19.7 Å². The minimum atomic E-state index is -0.873. The van der Waals surface area contributed by atoms with E-state index in [1.165, 1.54) is 49.8 Å². The van der Waals surface area contributed by atoms with Crippen LogP contribution in [0.1, 0.15) is 94.8 Å². The fraction of sp³-hybridized carbons (Fsp3) is 0.667. The van der Waals surface area contributed by atoms with Gasteiger partial charge in [-0.1, -0.05) is 64.7 Å². The summed E-state index contributed by atoms with van der Waals surface area (Å²) >= 11 is 3.43. The highest BCUT2D eigenvalue weighted by molar-refractivity contribution is 9.10. The van der Waals surface area contributed by atoms with Crippen molar-refractivity contribution in [2.45, 2.75) is 90.5 Å². The van der Waals surface area contributed by atoms with Crippen LogP contribution < -0.4 is 10.1 Å². The first kappa shape index (κ1) is 29.1. The van der Waals surface area contributed by atoms with Gasteiger partial charge in [0.2, 0.25) is 5.91 Å². The zero-order chi connectivity index (χ0) is 25.5. The number of nitrogens with zero attached hydrogens (tertiary/aromatic N) is 1. The Morgan fingerprint density at radius 2 is 1.69 bits per heavy atom. The maximum absolute atomic E-state index is 13.1. The summed E-state index contributed by atoms with van der Waals surface area (Å²) in [5.74, 6) is -0.428. The summed E-state index contributed by atoms with van der Waals surface area (Å²) in [5.41, 5.74) is 0.429. The number of piperazine rings is 1. The average molecular weight is 554 g/mol. The van der Waals surface area contributed by atoms with Crippen molar-refractivity contribution in [3.8, 4) is 5.75 Å². The number of nitrogens with one attached hydrogen (secondary N) is 1. The SMILES string of the molecule is CCCCCCCCCCCCOC(=O)CC1C(=O)NCCN1C(=O)c1ccc(OCC)c(Br)c1. The number of rotatable bonds is 16. The van der Waals surface area contributed by atoms with Gasteiger partial charge in [0.05, 0.1) is 24.1 Å². The first-order chi connectivity index (χ1) is 17.0. The molecule has 2 rings (SSSR count). The lowest BCUT2D eigenvalue weighted by Gasteiger charge is -2.34. The van der Waals surface area contributed by atoms with Crippen molar-refractivity contribution in [3.63, 3.8) is 0 Å². The predicted molar refractivity (Wildman–Crippen MR) is 141 cm³/mol. The summed E-state index contributed by atoms with van der Waals surface area (Å²) in [7, 11) is 0. The lowest BCUT2D eigenvalue weighted by Crippen LogP contribution is -2.57. The summed E-state index contributed by atoms with van der Waals surface area (Å²) in [5, 5.41) is 2.75. The molecule has 7 nitrogen and oxygen atoms in total. The lowest BCUT2D eigenvalue weighted by molar-refractivity contribution is -0.147. The number of amides is 2. The molecular formula is C27H41BrN2O5. The number of esters is 1. The fourth-order valence-electron chi connectivity index (χ4n) is 4.23. The third kappa shape index (κ3) is 10.2. The fourth-order valence-corrected chi connectivity index (χ4v) is 4.72. The summed E-state index contributed by atoms with van der Waals surface area (Å²) in [6, 6.07) is 4.20. The Balaban J connectivity index is 1.76. The normalized spacial score (nSPS) is 15.6. The number of hydrogen-bond acceptors (Lipinski definition) is 5. The minimum absolute atomic E-state index is 0.145. The molecule has 1 aromatic rings. The molecule has 0 aliphatic carbocycles. The molecule has 1 N–H and O–H groups in total. The van der Waals surface area contributed by atoms with Crippen LogP contribution in [0.4, 0.5) is 0 Å². The van der Waals surface area contributed by atoms with Crippen molar-refractivity contribution in [1.82, 2.24) is 10.2 Å². The molecule has 1 aliphatic rings. The highest BCUT2D eigenvalue weighted by atomic mass is 79.9. The van der Waals surface area contributed by atoms with Crippen LogP contribution >= 0.6 is 15.9 Å². The predicted octanol–water partition coefficient (Wildman–Crippen LogP) is 5.64. The van der Waals surface area contributed by atoms with E-state index in [4.69, 9.17) is 9.47 Å². The molecule has 0 bridgehead atoms. The molecule has 1 atom stereocenters. The quantitative estimate of drug-likeness (QED) is 0.212. The monoisotopic (exact) mass is 552 g/mol. The molecule has 1 unspecified atom stereocenters. The summed E-state index contributed by atoms with van der Waals surface area (Å²) < 4.78 is 11.5. The van der Waals surface area contributed by atoms with Crippen molar-refractivity contribution < 1.29 is 23.9 Å². The summed E-state index contributed by atoms with van der Waals surface area (Å²) in [6.07, 6.45) is 11.9. The molecule has 8 heteroatoms. The van der Waals surface area contributed by atoms with Gasteiger partial charge in [-0.15, -0.1) is 0 Å². The second kappa shape index (κ2) is 16.6. The Morgan fingerprint density at radius 1 is 1.03 bits per heavy atom. The van der Waals surface area contributed by atoms with Gasteiger partial charge in [-0.2, -0.15) is 0 Å². The van der Waals surface area contributed by atoms with E-state index in [-0.39, 0.29) is 18.2 Å². The minimum Gasteiger partial charge on any atom is -0.493 e. The van der Waals surface area contributed by atoms with E-state index in [9.17, 15) is 14.4 Å². The van der Waals surface area contributed by atoms with Gasteiger partial charge in [-0.3, -0.25) is 14.4 Å². The third-order valence-corrected chi connectivity index (χ3v) is 6.81. The first-order valence-electron chi connectivity index (χ1n) is 13.1. The Hall–Kier alpha value is -2.09. The van der Waals surface area contributed by atoms with Crippen LogP contribution in [0.2, 0.25) is 0 Å². The molecule has 196 valence electrons. The molecule has 0 aromatic heterocycles. The molecule has 1 aromatic carbocycles. The molecule has 35 heavy (non-hydrogen) atoms. The first-order valence-corrected chi connectivity index (χ1v) is 13.9. The van der Waals surface area contributed by atoms with E-state index >= 15 is 0 Å². The van der Waals surface area contributed by atoms with Crippen molar-refractivity contribution in [1.29, 1.82) is 0 Å². The lowest BCUT2D eigenvalue weighted by atomic mass is 10.1. The van der Waals surface area contributed by atoms with E-state index in [1.54, 1.807) is 18.2 Å². The van der Waals surface area contributed by atoms with E-state index in [2.05, 4.69) is 28.2 Å². The molecule has 2 amide bonds. The highest BCUT2D eigenvalue weighted by Gasteiger charge is 2.35. The van der Waals surface area contributed by atoms with E-state index in [0.29, 0.717) is 42.1 Å². The van der Waals surface area contributed by atoms with Gasteiger partial charge in [-0.05, 0) is 47.5 Å². The van der Waals surface area contributed by atoms with E-state index < -0.39 is 12.0 Å². The number of carbonyl (C=O) groups is 3. The van der Waals surface area contributed by atoms with Crippen LogP contribution in [0.15, 0.2) is 22.7 Å². The van der Waals surface area contributed by atoms with Crippen LogP contribution in [0.5, 0.6) is 5.75 Å². The van der Waals surface area contributed by atoms with E-state index in [0.717, 1.165) is 19.3 Å². The van der Waals surface area contributed by atoms with Crippen molar-refractivity contribution in [2.75, 3.05) is 26.3 Å². The highest BCUT2D eigenvalue weighted by Crippen LogP contribution is 2.27. The zero-order valence-electron chi connectivity index (χ0n) is 21.3. The Bertz CT molecular complexity index is 817.